The molecule has 1 aliphatic heterocycles. The molecule has 3 aromatic carbocycles. The Bertz CT molecular complexity index is 1710. The van der Waals surface area contributed by atoms with Crippen LogP contribution in [-0.2, 0) is 29.8 Å². The van der Waals surface area contributed by atoms with Crippen molar-refractivity contribution in [2.24, 2.45) is 0 Å². The van der Waals surface area contributed by atoms with Gasteiger partial charge in [0.25, 0.3) is 11.5 Å². The molecule has 2 aromatic heterocycles. The molecule has 0 radical (unpaired) electrons. The molecule has 37 heavy (non-hydrogen) atoms. The fourth-order valence-electron chi connectivity index (χ4n) is 5.16. The van der Waals surface area contributed by atoms with Crippen LogP contribution in [0.1, 0.15) is 23.9 Å². The third-order valence-electron chi connectivity index (χ3n) is 6.95. The smallest absolute Gasteiger partial charge is 0.319 e. The number of carbonyl (C=O) groups excluding carboxylic acids is 2. The number of urea groups is 1. The van der Waals surface area contributed by atoms with E-state index in [-0.39, 0.29) is 18.0 Å². The van der Waals surface area contributed by atoms with Crippen molar-refractivity contribution in [2.75, 3.05) is 0 Å². The SMILES string of the molecule is CCn1c(=O)c2ccccc2n2c(CN3C(=O)NC(Cc4ccccc4)(c4ccccc4)C3=O)nnc12. The molecule has 0 bridgehead atoms. The number of para-hydroxylation sites is 1. The number of fused-ring (bicyclic) bond motifs is 3. The molecule has 9 heteroatoms. The third-order valence-corrected chi connectivity index (χ3v) is 6.95. The lowest BCUT2D eigenvalue weighted by atomic mass is 9.83. The van der Waals surface area contributed by atoms with Crippen LogP contribution >= 0.6 is 0 Å². The number of aromatic nitrogens is 4. The van der Waals surface area contributed by atoms with Crippen LogP contribution in [0.2, 0.25) is 0 Å². The number of hydrogen-bond acceptors (Lipinski definition) is 5. The lowest BCUT2D eigenvalue weighted by molar-refractivity contribution is -0.132. The van der Waals surface area contributed by atoms with Crippen LogP contribution in [0.4, 0.5) is 4.79 Å². The Labute approximate surface area is 212 Å². The number of imide groups is 1. The van der Waals surface area contributed by atoms with E-state index >= 15 is 0 Å². The molecular formula is C28H24N6O3. The lowest BCUT2D eigenvalue weighted by Gasteiger charge is -2.27. The molecule has 184 valence electrons. The number of carbonyl (C=O) groups is 2. The van der Waals surface area contributed by atoms with E-state index in [0.29, 0.717) is 41.0 Å². The van der Waals surface area contributed by atoms with Gasteiger partial charge in [-0.2, -0.15) is 0 Å². The quantitative estimate of drug-likeness (QED) is 0.367. The average molecular weight is 493 g/mol. The molecule has 6 rings (SSSR count). The number of hydrogen-bond donors (Lipinski definition) is 1. The second kappa shape index (κ2) is 8.70. The van der Waals surface area contributed by atoms with E-state index in [4.69, 9.17) is 0 Å². The molecule has 0 aliphatic carbocycles. The molecule has 1 fully saturated rings. The monoisotopic (exact) mass is 492 g/mol. The van der Waals surface area contributed by atoms with Crippen LogP contribution < -0.4 is 10.9 Å². The van der Waals surface area contributed by atoms with Crippen LogP contribution in [0.5, 0.6) is 0 Å². The molecule has 1 aliphatic rings. The van der Waals surface area contributed by atoms with E-state index in [0.717, 1.165) is 5.56 Å². The summed E-state index contributed by atoms with van der Waals surface area (Å²) in [6, 6.07) is 25.6. The minimum absolute atomic E-state index is 0.0961. The Morgan fingerprint density at radius 1 is 0.838 bits per heavy atom. The Kier molecular flexibility index (Phi) is 5.33. The number of benzene rings is 3. The van der Waals surface area contributed by atoms with Crippen molar-refractivity contribution in [1.82, 2.24) is 29.4 Å². The van der Waals surface area contributed by atoms with Crippen molar-refractivity contribution < 1.29 is 9.59 Å². The zero-order valence-electron chi connectivity index (χ0n) is 20.2. The lowest BCUT2D eigenvalue weighted by Crippen LogP contribution is -2.46. The highest BCUT2D eigenvalue weighted by Crippen LogP contribution is 2.33. The summed E-state index contributed by atoms with van der Waals surface area (Å²) in [7, 11) is 0. The van der Waals surface area contributed by atoms with Gasteiger partial charge in [-0.1, -0.05) is 72.8 Å². The van der Waals surface area contributed by atoms with Gasteiger partial charge in [0.05, 0.1) is 17.4 Å². The fraction of sp³-hybridized carbons (Fsp3) is 0.179. The molecule has 5 aromatic rings. The first kappa shape index (κ1) is 22.7. The maximum Gasteiger partial charge on any atom is 0.325 e. The van der Waals surface area contributed by atoms with Gasteiger partial charge < -0.3 is 5.32 Å². The summed E-state index contributed by atoms with van der Waals surface area (Å²) in [5.41, 5.74) is 0.834. The summed E-state index contributed by atoms with van der Waals surface area (Å²) in [5, 5.41) is 12.1. The molecule has 1 N–H and O–H groups in total. The van der Waals surface area contributed by atoms with E-state index in [1.54, 1.807) is 16.5 Å². The van der Waals surface area contributed by atoms with E-state index in [1.807, 2.05) is 79.7 Å². The van der Waals surface area contributed by atoms with Gasteiger partial charge in [0.15, 0.2) is 11.4 Å². The van der Waals surface area contributed by atoms with Gasteiger partial charge in [0.2, 0.25) is 5.78 Å². The highest BCUT2D eigenvalue weighted by atomic mass is 16.2. The first-order valence-electron chi connectivity index (χ1n) is 12.1. The number of nitrogens with one attached hydrogen (secondary N) is 1. The van der Waals surface area contributed by atoms with Gasteiger partial charge in [-0.15, -0.1) is 10.2 Å². The maximum atomic E-state index is 14.1. The predicted molar refractivity (Wildman–Crippen MR) is 138 cm³/mol. The second-order valence-electron chi connectivity index (χ2n) is 9.07. The first-order chi connectivity index (χ1) is 18.0. The normalized spacial score (nSPS) is 17.6. The van der Waals surface area contributed by atoms with Crippen LogP contribution in [0.3, 0.4) is 0 Å². The number of nitrogens with zero attached hydrogens (tertiary/aromatic N) is 5. The summed E-state index contributed by atoms with van der Waals surface area (Å²) in [5.74, 6) is 0.393. The van der Waals surface area contributed by atoms with E-state index in [1.165, 1.54) is 9.47 Å². The van der Waals surface area contributed by atoms with Crippen LogP contribution in [0.25, 0.3) is 16.7 Å². The van der Waals surface area contributed by atoms with Crippen molar-refractivity contribution in [3.63, 3.8) is 0 Å². The molecule has 1 saturated heterocycles. The standard InChI is InChI=1S/C28H24N6O3/c1-2-32-24(35)21-15-9-10-16-22(21)34-23(30-31-26(32)34)18-33-25(36)28(29-27(33)37,20-13-7-4-8-14-20)17-19-11-5-3-6-12-19/h3-16H,2,17-18H2,1H3,(H,29,37). The van der Waals surface area contributed by atoms with Crippen molar-refractivity contribution in [3.8, 4) is 0 Å². The molecule has 9 nitrogen and oxygen atoms in total. The zero-order chi connectivity index (χ0) is 25.6. The topological polar surface area (TPSA) is 102 Å². The number of amides is 3. The summed E-state index contributed by atoms with van der Waals surface area (Å²) in [6.07, 6.45) is 0.303. The summed E-state index contributed by atoms with van der Waals surface area (Å²) in [6.45, 7) is 2.17. The molecule has 0 saturated carbocycles. The predicted octanol–water partition coefficient (Wildman–Crippen LogP) is 3.25. The van der Waals surface area contributed by atoms with E-state index in [2.05, 4.69) is 15.5 Å². The molecule has 1 atom stereocenters. The summed E-state index contributed by atoms with van der Waals surface area (Å²) >= 11 is 0. The maximum absolute atomic E-state index is 14.1. The Morgan fingerprint density at radius 3 is 2.24 bits per heavy atom. The Balaban J connectivity index is 1.46. The third kappa shape index (κ3) is 3.50. The van der Waals surface area contributed by atoms with Gasteiger partial charge in [0.1, 0.15) is 0 Å². The number of aryl methyl sites for hydroxylation is 1. The largest absolute Gasteiger partial charge is 0.325 e. The first-order valence-corrected chi connectivity index (χ1v) is 12.1. The van der Waals surface area contributed by atoms with E-state index in [9.17, 15) is 14.4 Å². The van der Waals surface area contributed by atoms with Crippen molar-refractivity contribution in [1.29, 1.82) is 0 Å². The van der Waals surface area contributed by atoms with Crippen molar-refractivity contribution in [2.45, 2.75) is 32.0 Å². The summed E-state index contributed by atoms with van der Waals surface area (Å²) < 4.78 is 3.29. The minimum Gasteiger partial charge on any atom is -0.319 e. The van der Waals surface area contributed by atoms with Gasteiger partial charge in [-0.3, -0.25) is 23.5 Å². The van der Waals surface area contributed by atoms with Crippen LogP contribution in [0, 0.1) is 0 Å². The molecule has 3 amide bonds. The molecule has 0 spiro atoms. The Hall–Kier alpha value is -4.79. The Morgan fingerprint density at radius 2 is 1.51 bits per heavy atom. The summed E-state index contributed by atoms with van der Waals surface area (Å²) in [4.78, 5) is 41.6. The highest BCUT2D eigenvalue weighted by molar-refractivity contribution is 6.07. The van der Waals surface area contributed by atoms with Gasteiger partial charge in [0, 0.05) is 13.0 Å². The van der Waals surface area contributed by atoms with E-state index < -0.39 is 11.6 Å². The zero-order valence-corrected chi connectivity index (χ0v) is 20.2. The highest BCUT2D eigenvalue weighted by Gasteiger charge is 2.52. The van der Waals surface area contributed by atoms with Crippen LogP contribution in [-0.4, -0.2) is 36.0 Å². The van der Waals surface area contributed by atoms with Crippen LogP contribution in [0.15, 0.2) is 89.7 Å². The average Bonchev–Trinajstić information content (AvgIpc) is 3.45. The fourth-order valence-corrected chi connectivity index (χ4v) is 5.16. The van der Waals surface area contributed by atoms with Crippen molar-refractivity contribution in [3.05, 3.63) is 112 Å². The van der Waals surface area contributed by atoms with Crippen molar-refractivity contribution >= 4 is 28.6 Å². The van der Waals surface area contributed by atoms with Gasteiger partial charge in [-0.05, 0) is 30.2 Å². The second-order valence-corrected chi connectivity index (χ2v) is 9.07. The molecule has 1 unspecified atom stereocenters. The minimum atomic E-state index is -1.26. The van der Waals surface area contributed by atoms with Gasteiger partial charge in [-0.25, -0.2) is 4.79 Å². The van der Waals surface area contributed by atoms with Gasteiger partial charge >= 0.3 is 6.03 Å². The molecular weight excluding hydrogens is 468 g/mol. The molecule has 3 heterocycles. The number of rotatable bonds is 6.